The van der Waals surface area contributed by atoms with Gasteiger partial charge in [-0.25, -0.2) is 8.42 Å². The minimum absolute atomic E-state index is 0.0348. The Hall–Kier alpha value is -2.49. The van der Waals surface area contributed by atoms with Crippen LogP contribution in [0.4, 0.5) is 0 Å². The molecule has 0 radical (unpaired) electrons. The fraction of sp³-hybridized carbons (Fsp3) is 0.0625. The molecule has 2 rings (SSSR count). The predicted octanol–water partition coefficient (Wildman–Crippen LogP) is 3.39. The van der Waals surface area contributed by atoms with Gasteiger partial charge in [0.15, 0.2) is 11.5 Å². The molecule has 0 aromatic heterocycles. The number of ether oxygens (including phenoxy) is 1. The zero-order valence-corrected chi connectivity index (χ0v) is 13.6. The largest absolute Gasteiger partial charge is 0.504 e. The van der Waals surface area contributed by atoms with Gasteiger partial charge >= 0.3 is 0 Å². The van der Waals surface area contributed by atoms with E-state index >= 15 is 0 Å². The van der Waals surface area contributed by atoms with Crippen molar-refractivity contribution in [2.24, 2.45) is 0 Å². The molecule has 2 aromatic rings. The molecule has 0 atom stereocenters. The first-order valence-corrected chi connectivity index (χ1v) is 8.24. The van der Waals surface area contributed by atoms with Crippen LogP contribution in [0.1, 0.15) is 5.56 Å². The summed E-state index contributed by atoms with van der Waals surface area (Å²) in [5.41, 5.74) is 0.359. The molecular weight excluding hydrogens is 338 g/mol. The second-order valence-electron chi connectivity index (χ2n) is 4.51. The highest BCUT2D eigenvalue weighted by Gasteiger charge is 2.20. The smallest absolute Gasteiger partial charge is 0.216 e. The Morgan fingerprint density at radius 3 is 2.43 bits per heavy atom. The van der Waals surface area contributed by atoms with E-state index in [2.05, 4.69) is 0 Å². The maximum absolute atomic E-state index is 12.5. The average Bonchev–Trinajstić information content (AvgIpc) is 2.53. The number of halogens is 1. The number of aromatic hydroxyl groups is 1. The second kappa shape index (κ2) is 6.73. The van der Waals surface area contributed by atoms with Gasteiger partial charge in [-0.15, -0.1) is 0 Å². The van der Waals surface area contributed by atoms with Crippen LogP contribution in [-0.4, -0.2) is 20.6 Å². The van der Waals surface area contributed by atoms with Crippen LogP contribution in [0.25, 0.3) is 6.08 Å². The Labute approximate surface area is 138 Å². The highest BCUT2D eigenvalue weighted by molar-refractivity contribution is 7.95. The number of nitriles is 1. The molecule has 0 saturated heterocycles. The Bertz CT molecular complexity index is 897. The van der Waals surface area contributed by atoms with E-state index in [9.17, 15) is 18.8 Å². The number of rotatable bonds is 4. The summed E-state index contributed by atoms with van der Waals surface area (Å²) in [6, 6.07) is 11.5. The quantitative estimate of drug-likeness (QED) is 0.855. The maximum atomic E-state index is 12.5. The summed E-state index contributed by atoms with van der Waals surface area (Å²) >= 11 is 5.74. The summed E-state index contributed by atoms with van der Waals surface area (Å²) in [6.07, 6.45) is 1.18. The number of hydrogen-bond donors (Lipinski definition) is 1. The Morgan fingerprint density at radius 1 is 1.26 bits per heavy atom. The van der Waals surface area contributed by atoms with E-state index in [0.29, 0.717) is 10.6 Å². The molecule has 1 N–H and O–H groups in total. The first-order chi connectivity index (χ1) is 10.9. The monoisotopic (exact) mass is 349 g/mol. The third-order valence-corrected chi connectivity index (χ3v) is 4.96. The highest BCUT2D eigenvalue weighted by Crippen LogP contribution is 2.28. The van der Waals surface area contributed by atoms with Gasteiger partial charge in [-0.1, -0.05) is 17.7 Å². The SMILES string of the molecule is COc1ccc(/C=C(\C#N)S(=O)(=O)c2ccc(Cl)cc2)cc1O. The van der Waals surface area contributed by atoms with Gasteiger partial charge in [0.2, 0.25) is 9.84 Å². The number of benzene rings is 2. The Kier molecular flexibility index (Phi) is 4.94. The van der Waals surface area contributed by atoms with Crippen molar-refractivity contribution in [2.45, 2.75) is 4.90 Å². The van der Waals surface area contributed by atoms with E-state index in [-0.39, 0.29) is 16.4 Å². The van der Waals surface area contributed by atoms with E-state index in [0.717, 1.165) is 0 Å². The Balaban J connectivity index is 2.48. The summed E-state index contributed by atoms with van der Waals surface area (Å²) in [4.78, 5) is -0.475. The first-order valence-electron chi connectivity index (χ1n) is 6.38. The normalized spacial score (nSPS) is 11.8. The summed E-state index contributed by atoms with van der Waals surface area (Å²) in [7, 11) is -2.57. The molecule has 0 spiro atoms. The van der Waals surface area contributed by atoms with Gasteiger partial charge in [-0.3, -0.25) is 0 Å². The lowest BCUT2D eigenvalue weighted by atomic mass is 10.2. The number of nitrogens with zero attached hydrogens (tertiary/aromatic N) is 1. The van der Waals surface area contributed by atoms with Gasteiger partial charge < -0.3 is 9.84 Å². The van der Waals surface area contributed by atoms with Crippen LogP contribution in [0.15, 0.2) is 52.3 Å². The molecule has 0 aliphatic rings. The van der Waals surface area contributed by atoms with Crippen LogP contribution in [0.5, 0.6) is 11.5 Å². The predicted molar refractivity (Wildman–Crippen MR) is 86.9 cm³/mol. The molecule has 0 amide bonds. The summed E-state index contributed by atoms with van der Waals surface area (Å²) in [6.45, 7) is 0. The van der Waals surface area contributed by atoms with Crippen molar-refractivity contribution in [2.75, 3.05) is 7.11 Å². The van der Waals surface area contributed by atoms with Crippen LogP contribution in [0.3, 0.4) is 0 Å². The summed E-state index contributed by atoms with van der Waals surface area (Å²) < 4.78 is 29.8. The second-order valence-corrected chi connectivity index (χ2v) is 6.86. The number of hydrogen-bond acceptors (Lipinski definition) is 5. The van der Waals surface area contributed by atoms with Crippen molar-refractivity contribution >= 4 is 27.5 Å². The van der Waals surface area contributed by atoms with Crippen molar-refractivity contribution in [3.63, 3.8) is 0 Å². The van der Waals surface area contributed by atoms with Crippen LogP contribution in [0, 0.1) is 11.3 Å². The zero-order chi connectivity index (χ0) is 17.0. The fourth-order valence-corrected chi connectivity index (χ4v) is 3.14. The minimum Gasteiger partial charge on any atom is -0.504 e. The number of allylic oxidation sites excluding steroid dienone is 1. The molecule has 23 heavy (non-hydrogen) atoms. The molecule has 7 heteroatoms. The molecule has 0 fully saturated rings. The molecule has 0 bridgehead atoms. The molecule has 0 unspecified atom stereocenters. The highest BCUT2D eigenvalue weighted by atomic mass is 35.5. The van der Waals surface area contributed by atoms with Crippen LogP contribution in [0.2, 0.25) is 5.02 Å². The van der Waals surface area contributed by atoms with E-state index in [1.807, 2.05) is 0 Å². The third kappa shape index (κ3) is 3.65. The van der Waals surface area contributed by atoms with Crippen molar-refractivity contribution in [1.29, 1.82) is 5.26 Å². The zero-order valence-electron chi connectivity index (χ0n) is 12.0. The molecule has 0 aliphatic heterocycles. The summed E-state index contributed by atoms with van der Waals surface area (Å²) in [5, 5.41) is 19.3. The number of phenolic OH excluding ortho intramolecular Hbond substituents is 1. The van der Waals surface area contributed by atoms with Gasteiger partial charge in [0.05, 0.1) is 12.0 Å². The Morgan fingerprint density at radius 2 is 1.91 bits per heavy atom. The fourth-order valence-electron chi connectivity index (χ4n) is 1.86. The summed E-state index contributed by atoms with van der Waals surface area (Å²) in [5.74, 6) is 0.101. The van der Waals surface area contributed by atoms with Crippen molar-refractivity contribution < 1.29 is 18.3 Å². The lowest BCUT2D eigenvalue weighted by molar-refractivity contribution is 0.373. The molecule has 118 valence electrons. The molecular formula is C16H12ClNO4S. The van der Waals surface area contributed by atoms with Crippen LogP contribution in [-0.2, 0) is 9.84 Å². The maximum Gasteiger partial charge on any atom is 0.216 e. The lowest BCUT2D eigenvalue weighted by Crippen LogP contribution is -2.03. The van der Waals surface area contributed by atoms with Crippen molar-refractivity contribution in [1.82, 2.24) is 0 Å². The third-order valence-electron chi connectivity index (χ3n) is 3.02. The van der Waals surface area contributed by atoms with Gasteiger partial charge in [0.25, 0.3) is 0 Å². The molecule has 0 saturated carbocycles. The van der Waals surface area contributed by atoms with Gasteiger partial charge in [0, 0.05) is 5.02 Å². The molecule has 5 nitrogen and oxygen atoms in total. The molecule has 0 heterocycles. The van der Waals surface area contributed by atoms with Gasteiger partial charge in [-0.2, -0.15) is 5.26 Å². The molecule has 2 aromatic carbocycles. The van der Waals surface area contributed by atoms with Gasteiger partial charge in [-0.05, 0) is 48.0 Å². The van der Waals surface area contributed by atoms with Crippen LogP contribution < -0.4 is 4.74 Å². The van der Waals surface area contributed by atoms with Gasteiger partial charge in [0.1, 0.15) is 11.0 Å². The number of phenols is 1. The minimum atomic E-state index is -3.97. The number of methoxy groups -OCH3 is 1. The van der Waals surface area contributed by atoms with E-state index in [1.165, 1.54) is 55.7 Å². The topological polar surface area (TPSA) is 87.4 Å². The average molecular weight is 350 g/mol. The van der Waals surface area contributed by atoms with Crippen molar-refractivity contribution in [3.8, 4) is 17.6 Å². The van der Waals surface area contributed by atoms with E-state index in [4.69, 9.17) is 16.3 Å². The standard InChI is InChI=1S/C16H12ClNO4S/c1-22-16-7-2-11(9-15(16)19)8-14(10-18)23(20,21)13-5-3-12(17)4-6-13/h2-9,19H,1H3/b14-8+. The van der Waals surface area contributed by atoms with E-state index < -0.39 is 14.7 Å². The molecule has 0 aliphatic carbocycles. The van der Waals surface area contributed by atoms with Crippen molar-refractivity contribution in [3.05, 3.63) is 58.0 Å². The lowest BCUT2D eigenvalue weighted by Gasteiger charge is -2.05. The van der Waals surface area contributed by atoms with E-state index in [1.54, 1.807) is 6.07 Å². The van der Waals surface area contributed by atoms with Crippen LogP contribution >= 0.6 is 11.6 Å². The first kappa shape index (κ1) is 16.9. The number of sulfone groups is 1.